The minimum Gasteiger partial charge on any atom is -0.496 e. The number of ether oxygens (including phenoxy) is 2. The molecule has 1 aliphatic rings. The summed E-state index contributed by atoms with van der Waals surface area (Å²) in [6, 6.07) is 4.85. The number of hydrogen-bond donors (Lipinski definition) is 3. The van der Waals surface area contributed by atoms with Crippen molar-refractivity contribution in [2.75, 3.05) is 70.4 Å². The van der Waals surface area contributed by atoms with Crippen LogP contribution in [-0.2, 0) is 4.74 Å². The summed E-state index contributed by atoms with van der Waals surface area (Å²) in [5.41, 5.74) is 6.55. The molecule has 2 atom stereocenters. The van der Waals surface area contributed by atoms with E-state index in [1.165, 1.54) is 13.2 Å². The van der Waals surface area contributed by atoms with Gasteiger partial charge in [0.15, 0.2) is 0 Å². The van der Waals surface area contributed by atoms with E-state index in [-0.39, 0.29) is 18.1 Å². The summed E-state index contributed by atoms with van der Waals surface area (Å²) in [5.74, 6) is 1.62. The van der Waals surface area contributed by atoms with Crippen molar-refractivity contribution < 1.29 is 14.3 Å². The predicted octanol–water partition coefficient (Wildman–Crippen LogP) is 2.11. The number of carbonyl (C=O) groups is 1. The number of carbonyl (C=O) groups excluding carboxylic acids is 1. The van der Waals surface area contributed by atoms with Crippen LogP contribution < -0.4 is 26.0 Å². The molecule has 2 heterocycles. The smallest absolute Gasteiger partial charge is 0.255 e. The fourth-order valence-corrected chi connectivity index (χ4v) is 4.10. The molecule has 1 amide bonds. The molecule has 186 valence electrons. The summed E-state index contributed by atoms with van der Waals surface area (Å²) in [6.07, 6.45) is 3.34. The molecule has 34 heavy (non-hydrogen) atoms. The van der Waals surface area contributed by atoms with E-state index in [0.717, 1.165) is 44.8 Å². The first-order valence-electron chi connectivity index (χ1n) is 11.3. The Morgan fingerprint density at radius 1 is 1.35 bits per heavy atom. The molecule has 0 saturated carbocycles. The van der Waals surface area contributed by atoms with Gasteiger partial charge in [0.1, 0.15) is 11.6 Å². The molecule has 0 aliphatic carbocycles. The van der Waals surface area contributed by atoms with E-state index in [1.54, 1.807) is 19.4 Å². The number of amides is 1. The molecule has 0 bridgehead atoms. The highest BCUT2D eigenvalue weighted by Crippen LogP contribution is 2.29. The van der Waals surface area contributed by atoms with Crippen LogP contribution in [-0.4, -0.2) is 87.4 Å². The molecule has 0 radical (unpaired) electrons. The summed E-state index contributed by atoms with van der Waals surface area (Å²) in [4.78, 5) is 26.0. The van der Waals surface area contributed by atoms with Gasteiger partial charge in [0, 0.05) is 53.1 Å². The van der Waals surface area contributed by atoms with Gasteiger partial charge >= 0.3 is 0 Å². The van der Waals surface area contributed by atoms with Gasteiger partial charge < -0.3 is 35.6 Å². The number of nitrogens with two attached hydrogens (primary N) is 1. The molecule has 2 aromatic rings. The molecule has 1 saturated heterocycles. The first-order chi connectivity index (χ1) is 16.3. The van der Waals surface area contributed by atoms with Crippen molar-refractivity contribution in [2.24, 2.45) is 0 Å². The van der Waals surface area contributed by atoms with Gasteiger partial charge in [-0.05, 0) is 31.5 Å². The maximum absolute atomic E-state index is 12.9. The van der Waals surface area contributed by atoms with Crippen LogP contribution in [0.4, 0.5) is 17.5 Å². The van der Waals surface area contributed by atoms with E-state index < -0.39 is 0 Å². The number of anilines is 3. The molecule has 0 spiro atoms. The number of piperidine rings is 1. The SMILES string of the molecule is COc1cc(N)c(Cl)cc1C(=O)N[C@H]1CCN(CCCNc2nccc(N(C)C)n2)C[C@H]1OC. The third kappa shape index (κ3) is 6.62. The van der Waals surface area contributed by atoms with E-state index in [0.29, 0.717) is 28.0 Å². The molecule has 1 aliphatic heterocycles. The number of nitrogens with zero attached hydrogens (tertiary/aromatic N) is 4. The van der Waals surface area contributed by atoms with E-state index in [4.69, 9.17) is 26.8 Å². The van der Waals surface area contributed by atoms with Crippen LogP contribution >= 0.6 is 11.6 Å². The highest BCUT2D eigenvalue weighted by atomic mass is 35.5. The number of halogens is 1. The average molecular weight is 492 g/mol. The molecule has 3 rings (SSSR count). The highest BCUT2D eigenvalue weighted by molar-refractivity contribution is 6.33. The predicted molar refractivity (Wildman–Crippen MR) is 135 cm³/mol. The Morgan fingerprint density at radius 2 is 2.15 bits per heavy atom. The quantitative estimate of drug-likeness (QED) is 0.339. The minimum absolute atomic E-state index is 0.116. The number of aromatic nitrogens is 2. The van der Waals surface area contributed by atoms with Gasteiger partial charge in [-0.25, -0.2) is 4.98 Å². The second-order valence-electron chi connectivity index (χ2n) is 8.43. The Hall–Kier alpha value is -2.82. The van der Waals surface area contributed by atoms with Gasteiger partial charge in [-0.3, -0.25) is 4.79 Å². The van der Waals surface area contributed by atoms with Gasteiger partial charge in [-0.15, -0.1) is 0 Å². The minimum atomic E-state index is -0.261. The Bertz CT molecular complexity index is 976. The molecule has 0 unspecified atom stereocenters. The molecule has 1 aromatic heterocycles. The highest BCUT2D eigenvalue weighted by Gasteiger charge is 2.31. The third-order valence-corrected chi connectivity index (χ3v) is 6.19. The van der Waals surface area contributed by atoms with Crippen molar-refractivity contribution in [3.05, 3.63) is 35.0 Å². The number of hydrogen-bond acceptors (Lipinski definition) is 9. The van der Waals surface area contributed by atoms with Gasteiger partial charge in [0.05, 0.1) is 35.5 Å². The van der Waals surface area contributed by atoms with E-state index in [2.05, 4.69) is 25.5 Å². The van der Waals surface area contributed by atoms with Gasteiger partial charge in [-0.1, -0.05) is 11.6 Å². The van der Waals surface area contributed by atoms with Crippen LogP contribution in [0.3, 0.4) is 0 Å². The van der Waals surface area contributed by atoms with Crippen LogP contribution in [0.15, 0.2) is 24.4 Å². The monoisotopic (exact) mass is 491 g/mol. The van der Waals surface area contributed by atoms with Crippen LogP contribution in [0.5, 0.6) is 5.75 Å². The third-order valence-electron chi connectivity index (χ3n) is 5.86. The Balaban J connectivity index is 1.49. The normalized spacial score (nSPS) is 18.4. The number of rotatable bonds is 10. The molecule has 4 N–H and O–H groups in total. The van der Waals surface area contributed by atoms with Crippen LogP contribution in [0.2, 0.25) is 5.02 Å². The fourth-order valence-electron chi connectivity index (χ4n) is 3.94. The van der Waals surface area contributed by atoms with Crippen molar-refractivity contribution in [3.63, 3.8) is 0 Å². The number of methoxy groups -OCH3 is 2. The molecule has 1 aromatic carbocycles. The number of benzene rings is 1. The maximum Gasteiger partial charge on any atom is 0.255 e. The van der Waals surface area contributed by atoms with Gasteiger partial charge in [0.2, 0.25) is 5.95 Å². The first-order valence-corrected chi connectivity index (χ1v) is 11.6. The second kappa shape index (κ2) is 12.0. The lowest BCUT2D eigenvalue weighted by Gasteiger charge is -2.38. The lowest BCUT2D eigenvalue weighted by Crippen LogP contribution is -2.55. The first kappa shape index (κ1) is 25.8. The summed E-state index contributed by atoms with van der Waals surface area (Å²) in [7, 11) is 7.07. The van der Waals surface area contributed by atoms with Gasteiger partial charge in [-0.2, -0.15) is 4.98 Å². The second-order valence-corrected chi connectivity index (χ2v) is 8.84. The summed E-state index contributed by atoms with van der Waals surface area (Å²) in [6.45, 7) is 3.26. The topological polar surface area (TPSA) is 118 Å². The Kier molecular flexibility index (Phi) is 9.14. The summed E-state index contributed by atoms with van der Waals surface area (Å²) in [5, 5.41) is 6.68. The van der Waals surface area contributed by atoms with E-state index in [9.17, 15) is 4.79 Å². The number of likely N-dealkylation sites (tertiary alicyclic amines) is 1. The van der Waals surface area contributed by atoms with Crippen molar-refractivity contribution in [3.8, 4) is 5.75 Å². The van der Waals surface area contributed by atoms with E-state index in [1.807, 2.05) is 25.1 Å². The Morgan fingerprint density at radius 3 is 2.85 bits per heavy atom. The van der Waals surface area contributed by atoms with Crippen molar-refractivity contribution in [1.29, 1.82) is 0 Å². The molecule has 10 nitrogen and oxygen atoms in total. The lowest BCUT2D eigenvalue weighted by atomic mass is 10.0. The van der Waals surface area contributed by atoms with Crippen LogP contribution in [0.25, 0.3) is 0 Å². The van der Waals surface area contributed by atoms with Crippen molar-refractivity contribution in [1.82, 2.24) is 20.2 Å². The fraction of sp³-hybridized carbons (Fsp3) is 0.522. The standard InChI is InChI=1S/C23H34ClN7O3/c1-30(2)21-6-9-27-23(29-21)26-8-5-10-31-11-7-18(20(14-31)34-4)28-22(32)15-12-16(24)17(25)13-19(15)33-3/h6,9,12-13,18,20H,5,7-8,10-11,14,25H2,1-4H3,(H,28,32)(H,26,27,29)/t18-,20+/m0/s1. The van der Waals surface area contributed by atoms with Crippen molar-refractivity contribution >= 4 is 35.0 Å². The van der Waals surface area contributed by atoms with Crippen molar-refractivity contribution in [2.45, 2.75) is 25.0 Å². The zero-order valence-electron chi connectivity index (χ0n) is 20.2. The number of nitrogen functional groups attached to an aromatic ring is 1. The maximum atomic E-state index is 12.9. The zero-order valence-corrected chi connectivity index (χ0v) is 20.9. The number of nitrogens with one attached hydrogen (secondary N) is 2. The molecular weight excluding hydrogens is 458 g/mol. The lowest BCUT2D eigenvalue weighted by molar-refractivity contribution is 0.00637. The van der Waals surface area contributed by atoms with Crippen LogP contribution in [0, 0.1) is 0 Å². The zero-order chi connectivity index (χ0) is 24.7. The summed E-state index contributed by atoms with van der Waals surface area (Å²) >= 11 is 6.12. The average Bonchev–Trinajstić information content (AvgIpc) is 2.84. The molecule has 1 fully saturated rings. The summed E-state index contributed by atoms with van der Waals surface area (Å²) < 4.78 is 11.0. The van der Waals surface area contributed by atoms with E-state index >= 15 is 0 Å². The molecule has 11 heteroatoms. The Labute approximate surface area is 205 Å². The largest absolute Gasteiger partial charge is 0.496 e. The molecular formula is C23H34ClN7O3. The van der Waals surface area contributed by atoms with Gasteiger partial charge in [0.25, 0.3) is 5.91 Å². The van der Waals surface area contributed by atoms with Crippen LogP contribution in [0.1, 0.15) is 23.2 Å².